The predicted octanol–water partition coefficient (Wildman–Crippen LogP) is -0.380. The van der Waals surface area contributed by atoms with Crippen LogP contribution in [0.1, 0.15) is 6.92 Å². The molecule has 0 aliphatic carbocycles. The van der Waals surface area contributed by atoms with E-state index in [0.717, 1.165) is 0 Å². The summed E-state index contributed by atoms with van der Waals surface area (Å²) in [7, 11) is -3.44. The van der Waals surface area contributed by atoms with Gasteiger partial charge in [-0.25, -0.2) is 8.42 Å². The maximum absolute atomic E-state index is 11.7. The molecule has 0 saturated carbocycles. The van der Waals surface area contributed by atoms with Gasteiger partial charge < -0.3 is 10.2 Å². The van der Waals surface area contributed by atoms with Gasteiger partial charge in [-0.1, -0.05) is 0 Å². The van der Waals surface area contributed by atoms with E-state index in [0.29, 0.717) is 13.1 Å². The van der Waals surface area contributed by atoms with Gasteiger partial charge in [0.25, 0.3) is 15.9 Å². The number of amidine groups is 1. The molecule has 1 N–H and O–H groups in total. The van der Waals surface area contributed by atoms with Crippen LogP contribution in [-0.2, 0) is 14.8 Å². The molecule has 0 atom stereocenters. The molecule has 17 heavy (non-hydrogen) atoms. The van der Waals surface area contributed by atoms with Crippen LogP contribution in [0.25, 0.3) is 0 Å². The third-order valence-electron chi connectivity index (χ3n) is 2.44. The minimum absolute atomic E-state index is 0.0243. The molecule has 0 aromatic rings. The lowest BCUT2D eigenvalue weighted by atomic mass is 10.1. The number of allylic oxidation sites excluding steroid dienone is 2. The highest BCUT2D eigenvalue weighted by atomic mass is 32.2. The third-order valence-corrected chi connectivity index (χ3v) is 3.59. The Morgan fingerprint density at radius 3 is 3.06 bits per heavy atom. The first-order valence-electron chi connectivity index (χ1n) is 5.30. The lowest BCUT2D eigenvalue weighted by molar-refractivity contribution is -0.116. The van der Waals surface area contributed by atoms with Crippen molar-refractivity contribution >= 4 is 21.8 Å². The summed E-state index contributed by atoms with van der Waals surface area (Å²) in [5.41, 5.74) is 0.289. The molecular weight excluding hydrogens is 242 g/mol. The number of amides is 1. The molecule has 92 valence electrons. The van der Waals surface area contributed by atoms with Crippen LogP contribution in [0, 0.1) is 0 Å². The van der Waals surface area contributed by atoms with E-state index in [9.17, 15) is 13.2 Å². The van der Waals surface area contributed by atoms with Gasteiger partial charge in [0, 0.05) is 19.3 Å². The van der Waals surface area contributed by atoms with Crippen LogP contribution in [0.2, 0.25) is 0 Å². The third kappa shape index (κ3) is 2.38. The van der Waals surface area contributed by atoms with Gasteiger partial charge >= 0.3 is 0 Å². The van der Waals surface area contributed by atoms with E-state index in [1.54, 1.807) is 30.2 Å². The van der Waals surface area contributed by atoms with Crippen LogP contribution in [0.15, 0.2) is 28.3 Å². The molecule has 0 spiro atoms. The standard InChI is InChI=1S/C10H13N3O3S/c1-2-11-10(14)8-4-3-5-13-6-7-17(15,16)12-9(8)13/h3-5H,2,6-7H2,1H3,(H,11,14). The molecule has 7 heteroatoms. The number of likely N-dealkylation sites (N-methyl/N-ethyl adjacent to an activating group) is 1. The Bertz CT molecular complexity index is 531. The van der Waals surface area contributed by atoms with Gasteiger partial charge in [-0.2, -0.15) is 0 Å². The summed E-state index contributed by atoms with van der Waals surface area (Å²) < 4.78 is 26.5. The number of rotatable bonds is 2. The van der Waals surface area contributed by atoms with Crippen molar-refractivity contribution in [3.05, 3.63) is 23.9 Å². The van der Waals surface area contributed by atoms with Gasteiger partial charge in [0.2, 0.25) is 0 Å². The highest BCUT2D eigenvalue weighted by molar-refractivity contribution is 7.90. The highest BCUT2D eigenvalue weighted by Crippen LogP contribution is 2.17. The predicted molar refractivity (Wildman–Crippen MR) is 63.8 cm³/mol. The van der Waals surface area contributed by atoms with Crippen molar-refractivity contribution in [3.8, 4) is 0 Å². The zero-order chi connectivity index (χ0) is 12.5. The molecule has 0 saturated heterocycles. The number of hydrogen-bond acceptors (Lipinski definition) is 4. The van der Waals surface area contributed by atoms with Crippen molar-refractivity contribution in [2.45, 2.75) is 6.92 Å². The molecule has 2 aliphatic rings. The topological polar surface area (TPSA) is 78.8 Å². The Balaban J connectivity index is 2.39. The summed E-state index contributed by atoms with van der Waals surface area (Å²) in [5, 5.41) is 2.63. The van der Waals surface area contributed by atoms with Crippen LogP contribution in [0.4, 0.5) is 0 Å². The van der Waals surface area contributed by atoms with Crippen molar-refractivity contribution in [1.29, 1.82) is 0 Å². The molecule has 2 heterocycles. The number of sulfonamides is 1. The Morgan fingerprint density at radius 2 is 2.35 bits per heavy atom. The molecule has 0 aromatic heterocycles. The number of nitrogens with one attached hydrogen (secondary N) is 1. The van der Waals surface area contributed by atoms with Crippen molar-refractivity contribution < 1.29 is 13.2 Å². The molecule has 0 bridgehead atoms. The molecule has 1 amide bonds. The monoisotopic (exact) mass is 255 g/mol. The first-order chi connectivity index (χ1) is 8.03. The average Bonchev–Trinajstić information content (AvgIpc) is 2.27. The maximum atomic E-state index is 11.7. The van der Waals surface area contributed by atoms with Gasteiger partial charge in [-0.15, -0.1) is 4.40 Å². The molecule has 0 aromatic carbocycles. The second-order valence-corrected chi connectivity index (χ2v) is 5.43. The van der Waals surface area contributed by atoms with Crippen molar-refractivity contribution in [2.75, 3.05) is 18.8 Å². The lowest BCUT2D eigenvalue weighted by Gasteiger charge is -2.28. The van der Waals surface area contributed by atoms with Crippen LogP contribution in [0.3, 0.4) is 0 Å². The number of carbonyl (C=O) groups excluding carboxylic acids is 1. The maximum Gasteiger partial charge on any atom is 0.256 e. The number of carbonyl (C=O) groups is 1. The van der Waals surface area contributed by atoms with Gasteiger partial charge in [0.1, 0.15) is 0 Å². The molecule has 6 nitrogen and oxygen atoms in total. The van der Waals surface area contributed by atoms with Gasteiger partial charge in [0.05, 0.1) is 11.3 Å². The van der Waals surface area contributed by atoms with E-state index in [1.165, 1.54) is 0 Å². The molecule has 0 unspecified atom stereocenters. The normalized spacial score (nSPS) is 21.4. The summed E-state index contributed by atoms with van der Waals surface area (Å²) in [5.74, 6) is -0.119. The molecule has 2 aliphatic heterocycles. The fourth-order valence-corrected chi connectivity index (χ4v) is 2.63. The quantitative estimate of drug-likeness (QED) is 0.729. The van der Waals surface area contributed by atoms with Crippen molar-refractivity contribution in [2.24, 2.45) is 4.40 Å². The summed E-state index contributed by atoms with van der Waals surface area (Å²) in [6, 6.07) is 0. The second-order valence-electron chi connectivity index (χ2n) is 3.68. The zero-order valence-corrected chi connectivity index (χ0v) is 10.2. The smallest absolute Gasteiger partial charge is 0.256 e. The van der Waals surface area contributed by atoms with Gasteiger partial charge in [-0.05, 0) is 19.1 Å². The Hall–Kier alpha value is -1.63. The van der Waals surface area contributed by atoms with E-state index in [2.05, 4.69) is 9.71 Å². The van der Waals surface area contributed by atoms with E-state index < -0.39 is 10.0 Å². The largest absolute Gasteiger partial charge is 0.352 e. The highest BCUT2D eigenvalue weighted by Gasteiger charge is 2.29. The van der Waals surface area contributed by atoms with Crippen LogP contribution in [0.5, 0.6) is 0 Å². The van der Waals surface area contributed by atoms with E-state index in [-0.39, 0.29) is 23.1 Å². The van der Waals surface area contributed by atoms with Crippen LogP contribution >= 0.6 is 0 Å². The van der Waals surface area contributed by atoms with E-state index in [1.807, 2.05) is 0 Å². The molecular formula is C10H13N3O3S. The lowest BCUT2D eigenvalue weighted by Crippen LogP contribution is -2.42. The number of hydrogen-bond donors (Lipinski definition) is 1. The van der Waals surface area contributed by atoms with Gasteiger partial charge in [0.15, 0.2) is 5.84 Å². The Kier molecular flexibility index (Phi) is 3.01. The molecule has 0 fully saturated rings. The Labute approximate surface area is 99.8 Å². The minimum Gasteiger partial charge on any atom is -0.352 e. The van der Waals surface area contributed by atoms with Gasteiger partial charge in [-0.3, -0.25) is 4.79 Å². The summed E-state index contributed by atoms with van der Waals surface area (Å²) in [6.07, 6.45) is 5.00. The fourth-order valence-electron chi connectivity index (χ4n) is 1.65. The van der Waals surface area contributed by atoms with Crippen LogP contribution in [-0.4, -0.2) is 43.9 Å². The molecule has 2 rings (SSSR count). The fraction of sp³-hybridized carbons (Fsp3) is 0.400. The summed E-state index contributed by atoms with van der Waals surface area (Å²) in [4.78, 5) is 13.4. The number of fused-ring (bicyclic) bond motifs is 1. The molecule has 0 radical (unpaired) electrons. The van der Waals surface area contributed by atoms with Crippen LogP contribution < -0.4 is 5.32 Å². The van der Waals surface area contributed by atoms with E-state index >= 15 is 0 Å². The second kappa shape index (κ2) is 4.33. The first-order valence-corrected chi connectivity index (χ1v) is 6.91. The first kappa shape index (κ1) is 11.8. The minimum atomic E-state index is -3.44. The summed E-state index contributed by atoms with van der Waals surface area (Å²) >= 11 is 0. The summed E-state index contributed by atoms with van der Waals surface area (Å²) in [6.45, 7) is 2.61. The van der Waals surface area contributed by atoms with Crippen molar-refractivity contribution in [3.63, 3.8) is 0 Å². The Morgan fingerprint density at radius 1 is 1.59 bits per heavy atom. The van der Waals surface area contributed by atoms with Crippen molar-refractivity contribution in [1.82, 2.24) is 10.2 Å². The van der Waals surface area contributed by atoms with E-state index in [4.69, 9.17) is 0 Å². The average molecular weight is 255 g/mol. The number of nitrogens with zero attached hydrogens (tertiary/aromatic N) is 2. The zero-order valence-electron chi connectivity index (χ0n) is 9.38. The SMILES string of the molecule is CCNC(=O)C1=CC=CN2CCS(=O)(=O)N=C12.